The van der Waals surface area contributed by atoms with Gasteiger partial charge in [-0.15, -0.1) is 0 Å². The van der Waals surface area contributed by atoms with Gasteiger partial charge in [0.05, 0.1) is 18.8 Å². The zero-order valence-corrected chi connectivity index (χ0v) is 12.2. The Balaban J connectivity index is 2.18. The summed E-state index contributed by atoms with van der Waals surface area (Å²) in [4.78, 5) is 0. The van der Waals surface area contributed by atoms with E-state index in [1.165, 1.54) is 0 Å². The molecule has 0 spiro atoms. The second kappa shape index (κ2) is 7.45. The third kappa shape index (κ3) is 4.65. The summed E-state index contributed by atoms with van der Waals surface area (Å²) in [7, 11) is 2.45. The molecule has 1 aliphatic heterocycles. The van der Waals surface area contributed by atoms with Crippen molar-refractivity contribution in [1.29, 1.82) is 0 Å². The summed E-state index contributed by atoms with van der Waals surface area (Å²) in [5.74, 6) is 0. The lowest BCUT2D eigenvalue weighted by Gasteiger charge is -2.29. The second-order valence-corrected chi connectivity index (χ2v) is 7.35. The van der Waals surface area contributed by atoms with Crippen molar-refractivity contribution in [2.24, 2.45) is 0 Å². The number of ether oxygens (including phenoxy) is 2. The van der Waals surface area contributed by atoms with Crippen LogP contribution in [0.3, 0.4) is 0 Å². The molecule has 0 amide bonds. The molecule has 0 aromatic carbocycles. The van der Waals surface area contributed by atoms with Gasteiger partial charge in [0, 0.05) is 34.0 Å². The van der Waals surface area contributed by atoms with Crippen LogP contribution in [0, 0.1) is 0 Å². The highest BCUT2D eigenvalue weighted by atomic mass is 28.4. The summed E-state index contributed by atoms with van der Waals surface area (Å²) in [6, 6.07) is 0.767. The lowest BCUT2D eigenvalue weighted by Crippen LogP contribution is -2.43. The summed E-state index contributed by atoms with van der Waals surface area (Å²) >= 11 is 0. The zero-order valence-electron chi connectivity index (χ0n) is 11.2. The maximum atomic E-state index is 5.71. The van der Waals surface area contributed by atoms with Gasteiger partial charge in [-0.2, -0.15) is 0 Å². The van der Waals surface area contributed by atoms with Crippen molar-refractivity contribution >= 4 is 8.80 Å². The van der Waals surface area contributed by atoms with Crippen molar-refractivity contribution in [1.82, 2.24) is 0 Å². The molecule has 0 bridgehead atoms. The van der Waals surface area contributed by atoms with Crippen molar-refractivity contribution < 1.29 is 22.8 Å². The Labute approximate surface area is 105 Å². The minimum Gasteiger partial charge on any atom is -0.377 e. The molecule has 17 heavy (non-hydrogen) atoms. The smallest absolute Gasteiger partial charge is 0.377 e. The van der Waals surface area contributed by atoms with E-state index in [2.05, 4.69) is 6.92 Å². The lowest BCUT2D eigenvalue weighted by atomic mass is 10.2. The van der Waals surface area contributed by atoms with Gasteiger partial charge in [0.1, 0.15) is 0 Å². The van der Waals surface area contributed by atoms with E-state index in [4.69, 9.17) is 22.8 Å². The van der Waals surface area contributed by atoms with Crippen molar-refractivity contribution in [3.8, 4) is 0 Å². The van der Waals surface area contributed by atoms with Crippen LogP contribution < -0.4 is 0 Å². The summed E-state index contributed by atoms with van der Waals surface area (Å²) in [6.45, 7) is 3.61. The molecule has 1 rings (SSSR count). The summed E-state index contributed by atoms with van der Waals surface area (Å²) in [6.07, 6.45) is 2.45. The Morgan fingerprint density at radius 3 is 2.24 bits per heavy atom. The van der Waals surface area contributed by atoms with Crippen molar-refractivity contribution in [3.05, 3.63) is 0 Å². The van der Waals surface area contributed by atoms with Crippen molar-refractivity contribution in [3.63, 3.8) is 0 Å². The maximum absolute atomic E-state index is 5.71. The van der Waals surface area contributed by atoms with E-state index in [1.54, 1.807) is 21.3 Å². The third-order valence-electron chi connectivity index (χ3n) is 3.15. The van der Waals surface area contributed by atoms with Gasteiger partial charge in [0.25, 0.3) is 0 Å². The summed E-state index contributed by atoms with van der Waals surface area (Å²) in [5.41, 5.74) is 0. The predicted octanol–water partition coefficient (Wildman–Crippen LogP) is 1.45. The monoisotopic (exact) mass is 264 g/mol. The van der Waals surface area contributed by atoms with Crippen molar-refractivity contribution in [2.75, 3.05) is 34.5 Å². The first kappa shape index (κ1) is 15.1. The van der Waals surface area contributed by atoms with Crippen LogP contribution in [0.4, 0.5) is 0 Å². The molecule has 0 aromatic heterocycles. The highest BCUT2D eigenvalue weighted by Gasteiger charge is 2.37. The van der Waals surface area contributed by atoms with E-state index < -0.39 is 8.80 Å². The maximum Gasteiger partial charge on any atom is 0.500 e. The fourth-order valence-electron chi connectivity index (χ4n) is 1.71. The molecule has 0 saturated carbocycles. The molecule has 0 aliphatic carbocycles. The quantitative estimate of drug-likeness (QED) is 0.590. The van der Waals surface area contributed by atoms with Gasteiger partial charge >= 0.3 is 8.80 Å². The van der Waals surface area contributed by atoms with Gasteiger partial charge in [-0.1, -0.05) is 0 Å². The highest BCUT2D eigenvalue weighted by Crippen LogP contribution is 2.18. The van der Waals surface area contributed by atoms with Crippen LogP contribution in [-0.2, 0) is 22.8 Å². The van der Waals surface area contributed by atoms with E-state index in [1.807, 2.05) is 0 Å². The van der Waals surface area contributed by atoms with Gasteiger partial charge < -0.3 is 22.8 Å². The molecule has 2 atom stereocenters. The molecule has 1 saturated heterocycles. The Morgan fingerprint density at radius 1 is 1.24 bits per heavy atom. The van der Waals surface area contributed by atoms with E-state index >= 15 is 0 Å². The molecular weight excluding hydrogens is 240 g/mol. The van der Waals surface area contributed by atoms with Crippen LogP contribution in [0.15, 0.2) is 0 Å². The van der Waals surface area contributed by atoms with E-state index in [-0.39, 0.29) is 6.10 Å². The van der Waals surface area contributed by atoms with E-state index in [0.717, 1.165) is 25.5 Å². The Kier molecular flexibility index (Phi) is 6.61. The standard InChI is InChI=1S/C11H24O5Si/c1-10(16-9-11-5-7-15-11)6-8-17(12-2,13-3)14-4/h10-11H,5-9H2,1-4H3. The van der Waals surface area contributed by atoms with Crippen LogP contribution >= 0.6 is 0 Å². The zero-order chi connectivity index (χ0) is 12.7. The first-order chi connectivity index (χ1) is 8.15. The largest absolute Gasteiger partial charge is 0.500 e. The van der Waals surface area contributed by atoms with Crippen molar-refractivity contribution in [2.45, 2.75) is 38.0 Å². The molecule has 0 radical (unpaired) electrons. The van der Waals surface area contributed by atoms with Crippen LogP contribution in [-0.4, -0.2) is 55.6 Å². The average Bonchev–Trinajstić information content (AvgIpc) is 2.30. The molecule has 6 heteroatoms. The third-order valence-corrected chi connectivity index (χ3v) is 5.92. The van der Waals surface area contributed by atoms with Gasteiger partial charge in [-0.25, -0.2) is 0 Å². The molecular formula is C11H24O5Si. The predicted molar refractivity (Wildman–Crippen MR) is 66.0 cm³/mol. The number of hydrogen-bond donors (Lipinski definition) is 0. The summed E-state index contributed by atoms with van der Waals surface area (Å²) < 4.78 is 27.1. The Bertz CT molecular complexity index is 198. The van der Waals surface area contributed by atoms with E-state index in [9.17, 15) is 0 Å². The summed E-state index contributed by atoms with van der Waals surface area (Å²) in [5, 5.41) is 0. The highest BCUT2D eigenvalue weighted by molar-refractivity contribution is 6.60. The first-order valence-electron chi connectivity index (χ1n) is 6.04. The minimum absolute atomic E-state index is 0.173. The number of rotatable bonds is 9. The molecule has 1 heterocycles. The van der Waals surface area contributed by atoms with Gasteiger partial charge in [-0.3, -0.25) is 0 Å². The van der Waals surface area contributed by atoms with Gasteiger partial charge in [-0.05, 0) is 19.8 Å². The molecule has 1 aliphatic rings. The molecule has 0 aromatic rings. The molecule has 5 nitrogen and oxygen atoms in total. The molecule has 2 unspecified atom stereocenters. The molecule has 102 valence electrons. The lowest BCUT2D eigenvalue weighted by molar-refractivity contribution is -0.107. The van der Waals surface area contributed by atoms with Crippen LogP contribution in [0.1, 0.15) is 19.8 Å². The Morgan fingerprint density at radius 2 is 1.82 bits per heavy atom. The van der Waals surface area contributed by atoms with Crippen LogP contribution in [0.2, 0.25) is 6.04 Å². The molecule has 0 N–H and O–H groups in total. The van der Waals surface area contributed by atoms with Crippen LogP contribution in [0.5, 0.6) is 0 Å². The topological polar surface area (TPSA) is 46.2 Å². The first-order valence-corrected chi connectivity index (χ1v) is 7.97. The fraction of sp³-hybridized carbons (Fsp3) is 1.00. The van der Waals surface area contributed by atoms with Crippen LogP contribution in [0.25, 0.3) is 0 Å². The SMILES string of the molecule is CO[Si](CCC(C)OCC1CCO1)(OC)OC. The second-order valence-electron chi connectivity index (χ2n) is 4.26. The normalized spacial score (nSPS) is 22.2. The van der Waals surface area contributed by atoms with Gasteiger partial charge in [0.15, 0.2) is 0 Å². The fourth-order valence-corrected chi connectivity index (χ4v) is 3.58. The number of hydrogen-bond acceptors (Lipinski definition) is 5. The van der Waals surface area contributed by atoms with E-state index in [0.29, 0.717) is 12.7 Å². The average molecular weight is 264 g/mol. The Hall–Kier alpha value is 0.0169. The minimum atomic E-state index is -2.44. The molecule has 1 fully saturated rings. The van der Waals surface area contributed by atoms with Gasteiger partial charge in [0.2, 0.25) is 0 Å².